The van der Waals surface area contributed by atoms with E-state index < -0.39 is 17.9 Å². The number of alkyl halides is 1. The second-order valence-corrected chi connectivity index (χ2v) is 7.77. The Morgan fingerprint density at radius 2 is 2.13 bits per heavy atom. The number of hydrogen-bond acceptors (Lipinski definition) is 6. The van der Waals surface area contributed by atoms with Crippen molar-refractivity contribution in [3.63, 3.8) is 0 Å². The van der Waals surface area contributed by atoms with Crippen molar-refractivity contribution in [2.24, 2.45) is 5.41 Å². The number of halogens is 2. The molecule has 0 radical (unpaired) electrons. The molecular weight excluding hydrogens is 404 g/mol. The molecule has 0 atom stereocenters. The lowest BCUT2D eigenvalue weighted by Crippen LogP contribution is -2.22. The summed E-state index contributed by atoms with van der Waals surface area (Å²) in [6, 6.07) is 7.46. The van der Waals surface area contributed by atoms with Crippen LogP contribution in [0.25, 0.3) is 27.7 Å². The molecule has 0 saturated heterocycles. The van der Waals surface area contributed by atoms with Gasteiger partial charge >= 0.3 is 0 Å². The Morgan fingerprint density at radius 1 is 1.32 bits per heavy atom. The molecule has 0 aliphatic rings. The van der Waals surface area contributed by atoms with Crippen LogP contribution in [0.5, 0.6) is 5.88 Å². The average Bonchev–Trinajstić information content (AvgIpc) is 3.31. The molecule has 0 saturated carbocycles. The highest BCUT2D eigenvalue weighted by molar-refractivity contribution is 5.90. The van der Waals surface area contributed by atoms with E-state index in [0.717, 1.165) is 0 Å². The zero-order valence-electron chi connectivity index (χ0n) is 17.4. The van der Waals surface area contributed by atoms with Crippen LogP contribution in [0.3, 0.4) is 0 Å². The number of imidazole rings is 1. The minimum absolute atomic E-state index is 0.166. The molecule has 4 rings (SSSR count). The van der Waals surface area contributed by atoms with Crippen molar-refractivity contribution in [2.75, 3.05) is 25.6 Å². The fourth-order valence-corrected chi connectivity index (χ4v) is 3.33. The van der Waals surface area contributed by atoms with Crippen molar-refractivity contribution in [3.8, 4) is 23.1 Å². The SMILES string of the molecule is COc1nc(NCC(C)(C)C#N)nn2cc(F)c(-c3ccc4ncn(CCF)c4c3)c12. The summed E-state index contributed by atoms with van der Waals surface area (Å²) in [5.41, 5.74) is 1.97. The van der Waals surface area contributed by atoms with Gasteiger partial charge in [-0.1, -0.05) is 6.07 Å². The van der Waals surface area contributed by atoms with Crippen LogP contribution < -0.4 is 10.1 Å². The van der Waals surface area contributed by atoms with Crippen molar-refractivity contribution in [3.05, 3.63) is 36.5 Å². The maximum atomic E-state index is 15.1. The van der Waals surface area contributed by atoms with E-state index in [1.165, 1.54) is 17.8 Å². The summed E-state index contributed by atoms with van der Waals surface area (Å²) in [6.45, 7) is 3.52. The number of benzene rings is 1. The molecule has 1 N–H and O–H groups in total. The van der Waals surface area contributed by atoms with Gasteiger partial charge in [0.05, 0.1) is 54.3 Å². The zero-order valence-corrected chi connectivity index (χ0v) is 17.4. The van der Waals surface area contributed by atoms with E-state index in [0.29, 0.717) is 28.7 Å². The fourth-order valence-electron chi connectivity index (χ4n) is 3.33. The number of nitriles is 1. The molecule has 3 aromatic heterocycles. The topological polar surface area (TPSA) is 93.1 Å². The number of nitrogens with one attached hydrogen (secondary N) is 1. The van der Waals surface area contributed by atoms with Gasteiger partial charge in [0.15, 0.2) is 5.82 Å². The van der Waals surface area contributed by atoms with Crippen LogP contribution >= 0.6 is 0 Å². The predicted octanol–water partition coefficient (Wildman–Crippen LogP) is 3.82. The quantitative estimate of drug-likeness (QED) is 0.484. The first-order valence-corrected chi connectivity index (χ1v) is 9.66. The largest absolute Gasteiger partial charge is 0.479 e. The number of aryl methyl sites for hydroxylation is 1. The number of aromatic nitrogens is 5. The summed E-state index contributed by atoms with van der Waals surface area (Å²) in [7, 11) is 1.44. The molecule has 0 bridgehead atoms. The third-order valence-electron chi connectivity index (χ3n) is 4.97. The summed E-state index contributed by atoms with van der Waals surface area (Å²) in [4.78, 5) is 8.60. The summed E-state index contributed by atoms with van der Waals surface area (Å²) >= 11 is 0. The Morgan fingerprint density at radius 3 is 2.84 bits per heavy atom. The van der Waals surface area contributed by atoms with E-state index >= 15 is 4.39 Å². The van der Waals surface area contributed by atoms with Crippen molar-refractivity contribution in [1.82, 2.24) is 24.1 Å². The van der Waals surface area contributed by atoms with Gasteiger partial charge in [0.2, 0.25) is 11.8 Å². The van der Waals surface area contributed by atoms with E-state index in [-0.39, 0.29) is 23.9 Å². The van der Waals surface area contributed by atoms with E-state index in [9.17, 15) is 9.65 Å². The molecule has 1 aromatic carbocycles. The molecule has 0 spiro atoms. The van der Waals surface area contributed by atoms with Gasteiger partial charge in [-0.25, -0.2) is 18.3 Å². The van der Waals surface area contributed by atoms with Gasteiger partial charge in [0, 0.05) is 6.54 Å². The maximum Gasteiger partial charge on any atom is 0.244 e. The van der Waals surface area contributed by atoms with Gasteiger partial charge in [-0.2, -0.15) is 10.2 Å². The molecule has 10 heteroatoms. The van der Waals surface area contributed by atoms with E-state index in [2.05, 4.69) is 26.5 Å². The Kier molecular flexibility index (Phi) is 5.19. The Balaban J connectivity index is 1.82. The van der Waals surface area contributed by atoms with Crippen LogP contribution in [0, 0.1) is 22.6 Å². The molecule has 8 nitrogen and oxygen atoms in total. The third-order valence-corrected chi connectivity index (χ3v) is 4.97. The molecule has 0 unspecified atom stereocenters. The molecule has 31 heavy (non-hydrogen) atoms. The van der Waals surface area contributed by atoms with Crippen molar-refractivity contribution >= 4 is 22.5 Å². The first kappa shape index (κ1) is 20.5. The molecule has 4 aromatic rings. The highest BCUT2D eigenvalue weighted by atomic mass is 19.1. The van der Waals surface area contributed by atoms with Gasteiger partial charge < -0.3 is 14.6 Å². The highest BCUT2D eigenvalue weighted by Crippen LogP contribution is 2.35. The fraction of sp³-hybridized carbons (Fsp3) is 0.333. The maximum absolute atomic E-state index is 15.1. The highest BCUT2D eigenvalue weighted by Gasteiger charge is 2.22. The number of methoxy groups -OCH3 is 1. The van der Waals surface area contributed by atoms with Crippen LogP contribution in [0.2, 0.25) is 0 Å². The Labute approximate surface area is 177 Å². The summed E-state index contributed by atoms with van der Waals surface area (Å²) in [5.74, 6) is -0.104. The van der Waals surface area contributed by atoms with Crippen LogP contribution in [0.4, 0.5) is 14.7 Å². The number of fused-ring (bicyclic) bond motifs is 2. The lowest BCUT2D eigenvalue weighted by molar-refractivity contribution is 0.399. The molecule has 0 fully saturated rings. The standard InChI is InChI=1S/C21H21F2N7O/c1-21(2,10-24)11-25-20-27-19(31-3)18-17(14(23)9-30(18)28-20)13-4-5-15-16(8-13)29(7-6-22)12-26-15/h4-5,8-9,12H,6-7,11H2,1-3H3,(H,25,28). The van der Waals surface area contributed by atoms with Gasteiger partial charge in [0.1, 0.15) is 12.2 Å². The second-order valence-electron chi connectivity index (χ2n) is 7.77. The van der Waals surface area contributed by atoms with Gasteiger partial charge in [-0.15, -0.1) is 5.10 Å². The third kappa shape index (κ3) is 3.74. The molecule has 0 aliphatic heterocycles. The lowest BCUT2D eigenvalue weighted by Gasteiger charge is -2.16. The number of ether oxygens (including phenoxy) is 1. The van der Waals surface area contributed by atoms with Crippen LogP contribution in [0.1, 0.15) is 13.8 Å². The molecule has 0 amide bonds. The van der Waals surface area contributed by atoms with E-state index in [1.54, 1.807) is 42.9 Å². The Bertz CT molecular complexity index is 1300. The lowest BCUT2D eigenvalue weighted by atomic mass is 9.96. The molecule has 160 valence electrons. The number of rotatable bonds is 7. The van der Waals surface area contributed by atoms with E-state index in [1.807, 2.05) is 0 Å². The monoisotopic (exact) mass is 425 g/mol. The molecule has 3 heterocycles. The molecule has 0 aliphatic carbocycles. The van der Waals surface area contributed by atoms with Crippen LogP contribution in [0.15, 0.2) is 30.7 Å². The van der Waals surface area contributed by atoms with Gasteiger partial charge in [-0.05, 0) is 31.5 Å². The molecular formula is C21H21F2N7O. The summed E-state index contributed by atoms with van der Waals surface area (Å²) in [5, 5.41) is 16.5. The van der Waals surface area contributed by atoms with Crippen LogP contribution in [-0.2, 0) is 6.54 Å². The van der Waals surface area contributed by atoms with Crippen molar-refractivity contribution < 1.29 is 13.5 Å². The van der Waals surface area contributed by atoms with Gasteiger partial charge in [-0.3, -0.25) is 0 Å². The Hall–Kier alpha value is -3.74. The number of anilines is 1. The first-order valence-electron chi connectivity index (χ1n) is 9.66. The average molecular weight is 425 g/mol. The smallest absolute Gasteiger partial charge is 0.244 e. The van der Waals surface area contributed by atoms with Crippen LogP contribution in [-0.4, -0.2) is 44.5 Å². The van der Waals surface area contributed by atoms with Crippen molar-refractivity contribution in [1.29, 1.82) is 5.26 Å². The normalized spacial score (nSPS) is 11.7. The summed E-state index contributed by atoms with van der Waals surface area (Å²) in [6.07, 6.45) is 2.81. The number of hydrogen-bond donors (Lipinski definition) is 1. The predicted molar refractivity (Wildman–Crippen MR) is 112 cm³/mol. The van der Waals surface area contributed by atoms with Crippen molar-refractivity contribution in [2.45, 2.75) is 20.4 Å². The zero-order chi connectivity index (χ0) is 22.2. The van der Waals surface area contributed by atoms with E-state index in [4.69, 9.17) is 4.74 Å². The van der Waals surface area contributed by atoms with Gasteiger partial charge in [0.25, 0.3) is 0 Å². The minimum Gasteiger partial charge on any atom is -0.479 e. The first-order chi connectivity index (χ1) is 14.9. The minimum atomic E-state index is -0.628. The number of nitrogens with zero attached hydrogens (tertiary/aromatic N) is 6. The second kappa shape index (κ2) is 7.83. The summed E-state index contributed by atoms with van der Waals surface area (Å²) < 4.78 is 36.4.